The maximum absolute atomic E-state index is 9.49. The van der Waals surface area contributed by atoms with Gasteiger partial charge in [0.2, 0.25) is 5.88 Å². The van der Waals surface area contributed by atoms with Crippen LogP contribution in [0.1, 0.15) is 0 Å². The Morgan fingerprint density at radius 3 is 2.81 bits per heavy atom. The van der Waals surface area contributed by atoms with Gasteiger partial charge in [0, 0.05) is 30.8 Å². The second kappa shape index (κ2) is 5.24. The van der Waals surface area contributed by atoms with Crippen molar-refractivity contribution in [3.05, 3.63) is 36.5 Å². The molecule has 1 aromatic carbocycles. The summed E-state index contributed by atoms with van der Waals surface area (Å²) >= 11 is 0. The molecule has 0 unspecified atom stereocenters. The number of benzene rings is 1. The molecular formula is C15H16N4O2. The summed E-state index contributed by atoms with van der Waals surface area (Å²) in [5.74, 6) is 1.48. The Morgan fingerprint density at radius 2 is 2.05 bits per heavy atom. The molecule has 0 fully saturated rings. The smallest absolute Gasteiger partial charge is 0.215 e. The Labute approximate surface area is 121 Å². The molecule has 21 heavy (non-hydrogen) atoms. The molecule has 6 heteroatoms. The molecule has 0 saturated heterocycles. The first-order chi connectivity index (χ1) is 10.2. The summed E-state index contributed by atoms with van der Waals surface area (Å²) in [7, 11) is 3.39. The summed E-state index contributed by atoms with van der Waals surface area (Å²) in [6.45, 7) is 0. The molecule has 3 aromatic rings. The van der Waals surface area contributed by atoms with Crippen LogP contribution in [-0.2, 0) is 0 Å². The van der Waals surface area contributed by atoms with Crippen LogP contribution in [0.2, 0.25) is 0 Å². The monoisotopic (exact) mass is 284 g/mol. The van der Waals surface area contributed by atoms with Gasteiger partial charge in [0.05, 0.1) is 24.0 Å². The number of aromatic hydroxyl groups is 1. The average Bonchev–Trinajstić information content (AvgIpc) is 2.89. The predicted octanol–water partition coefficient (Wildman–Crippen LogP) is 3.06. The van der Waals surface area contributed by atoms with Crippen molar-refractivity contribution in [3.63, 3.8) is 0 Å². The maximum Gasteiger partial charge on any atom is 0.215 e. The van der Waals surface area contributed by atoms with Gasteiger partial charge in [-0.05, 0) is 18.2 Å². The quantitative estimate of drug-likeness (QED) is 0.592. The van der Waals surface area contributed by atoms with Crippen molar-refractivity contribution in [3.8, 4) is 11.6 Å². The van der Waals surface area contributed by atoms with Gasteiger partial charge in [-0.25, -0.2) is 0 Å². The number of nitrogens with zero attached hydrogens (tertiary/aromatic N) is 1. The highest BCUT2D eigenvalue weighted by atomic mass is 16.5. The number of phenols is 1. The van der Waals surface area contributed by atoms with Gasteiger partial charge in [-0.2, -0.15) is 4.98 Å². The van der Waals surface area contributed by atoms with E-state index in [0.29, 0.717) is 11.7 Å². The summed E-state index contributed by atoms with van der Waals surface area (Å²) in [5, 5.41) is 16.8. The second-order valence-corrected chi connectivity index (χ2v) is 4.56. The maximum atomic E-state index is 9.49. The van der Waals surface area contributed by atoms with Gasteiger partial charge in [0.15, 0.2) is 5.82 Å². The Bertz CT molecular complexity index is 782. The van der Waals surface area contributed by atoms with Crippen LogP contribution in [0.3, 0.4) is 0 Å². The summed E-state index contributed by atoms with van der Waals surface area (Å²) in [4.78, 5) is 7.46. The molecule has 0 aliphatic rings. The first-order valence-corrected chi connectivity index (χ1v) is 6.51. The lowest BCUT2D eigenvalue weighted by Gasteiger charge is -2.11. The van der Waals surface area contributed by atoms with E-state index in [-0.39, 0.29) is 5.75 Å². The number of aromatic nitrogens is 2. The van der Waals surface area contributed by atoms with E-state index in [1.54, 1.807) is 32.4 Å². The third-order valence-corrected chi connectivity index (χ3v) is 3.25. The van der Waals surface area contributed by atoms with Crippen LogP contribution in [0.25, 0.3) is 10.9 Å². The average molecular weight is 284 g/mol. The molecule has 0 spiro atoms. The molecule has 0 aliphatic heterocycles. The molecule has 3 rings (SSSR count). The van der Waals surface area contributed by atoms with E-state index in [9.17, 15) is 5.11 Å². The number of hydrogen-bond donors (Lipinski definition) is 4. The summed E-state index contributed by atoms with van der Waals surface area (Å²) in [6.07, 6.45) is 1.85. The van der Waals surface area contributed by atoms with Crippen LogP contribution in [0.15, 0.2) is 36.5 Å². The topological polar surface area (TPSA) is 82.2 Å². The Hall–Kier alpha value is -2.89. The lowest BCUT2D eigenvalue weighted by atomic mass is 10.2. The number of methoxy groups -OCH3 is 1. The highest BCUT2D eigenvalue weighted by Crippen LogP contribution is 2.31. The number of rotatable bonds is 4. The van der Waals surface area contributed by atoms with Crippen molar-refractivity contribution >= 4 is 28.1 Å². The molecule has 0 saturated carbocycles. The van der Waals surface area contributed by atoms with Gasteiger partial charge in [-0.3, -0.25) is 0 Å². The molecule has 0 amide bonds. The molecule has 2 heterocycles. The van der Waals surface area contributed by atoms with Crippen molar-refractivity contribution in [1.29, 1.82) is 0 Å². The van der Waals surface area contributed by atoms with Crippen molar-refractivity contribution < 1.29 is 9.84 Å². The number of phenolic OH excluding ortho intramolecular Hbond substituents is 1. The standard InChI is InChI=1S/C15H16N4O2/c1-16-15-11(5-6-14(19-15)21-2)18-13-8-17-12-7-9(20)3-4-10(12)13/h3-8,17-18,20H,1-2H3,(H,16,19). The fourth-order valence-electron chi connectivity index (χ4n) is 2.21. The number of nitrogens with one attached hydrogen (secondary N) is 3. The highest BCUT2D eigenvalue weighted by molar-refractivity contribution is 5.95. The largest absolute Gasteiger partial charge is 0.508 e. The van der Waals surface area contributed by atoms with E-state index in [4.69, 9.17) is 4.74 Å². The molecule has 0 radical (unpaired) electrons. The number of pyridine rings is 1. The van der Waals surface area contributed by atoms with Crippen molar-refractivity contribution in [2.24, 2.45) is 0 Å². The van der Waals surface area contributed by atoms with E-state index < -0.39 is 0 Å². The molecule has 0 aliphatic carbocycles. The highest BCUT2D eigenvalue weighted by Gasteiger charge is 2.09. The van der Waals surface area contributed by atoms with Gasteiger partial charge in [0.25, 0.3) is 0 Å². The van der Waals surface area contributed by atoms with E-state index in [1.165, 1.54) is 0 Å². The Morgan fingerprint density at radius 1 is 1.19 bits per heavy atom. The Kier molecular flexibility index (Phi) is 3.27. The first kappa shape index (κ1) is 13.1. The van der Waals surface area contributed by atoms with Crippen molar-refractivity contribution in [1.82, 2.24) is 9.97 Å². The number of aromatic amines is 1. The number of H-pyrrole nitrogens is 1. The second-order valence-electron chi connectivity index (χ2n) is 4.56. The predicted molar refractivity (Wildman–Crippen MR) is 83.6 cm³/mol. The third-order valence-electron chi connectivity index (χ3n) is 3.25. The molecule has 2 aromatic heterocycles. The number of hydrogen-bond acceptors (Lipinski definition) is 5. The van der Waals surface area contributed by atoms with Gasteiger partial charge in [0.1, 0.15) is 5.75 Å². The van der Waals surface area contributed by atoms with Crippen LogP contribution in [-0.4, -0.2) is 29.2 Å². The zero-order chi connectivity index (χ0) is 14.8. The van der Waals surface area contributed by atoms with Gasteiger partial charge >= 0.3 is 0 Å². The minimum atomic E-state index is 0.234. The van der Waals surface area contributed by atoms with E-state index >= 15 is 0 Å². The lowest BCUT2D eigenvalue weighted by Crippen LogP contribution is -2.00. The normalized spacial score (nSPS) is 10.6. The number of anilines is 3. The summed E-state index contributed by atoms with van der Waals surface area (Å²) in [6, 6.07) is 8.90. The molecule has 4 N–H and O–H groups in total. The van der Waals surface area contributed by atoms with E-state index in [0.717, 1.165) is 22.3 Å². The van der Waals surface area contributed by atoms with Gasteiger partial charge in [-0.1, -0.05) is 0 Å². The van der Waals surface area contributed by atoms with Crippen LogP contribution < -0.4 is 15.4 Å². The van der Waals surface area contributed by atoms with Crippen molar-refractivity contribution in [2.75, 3.05) is 24.8 Å². The number of ether oxygens (including phenoxy) is 1. The zero-order valence-electron chi connectivity index (χ0n) is 11.8. The zero-order valence-corrected chi connectivity index (χ0v) is 11.8. The molecule has 108 valence electrons. The van der Waals surface area contributed by atoms with Crippen LogP contribution >= 0.6 is 0 Å². The number of fused-ring (bicyclic) bond motifs is 1. The molecular weight excluding hydrogens is 268 g/mol. The minimum absolute atomic E-state index is 0.234. The van der Waals surface area contributed by atoms with Crippen LogP contribution in [0.4, 0.5) is 17.2 Å². The first-order valence-electron chi connectivity index (χ1n) is 6.51. The van der Waals surface area contributed by atoms with Crippen LogP contribution in [0.5, 0.6) is 11.6 Å². The fourth-order valence-corrected chi connectivity index (χ4v) is 2.21. The molecule has 6 nitrogen and oxygen atoms in total. The van der Waals surface area contributed by atoms with E-state index in [1.807, 2.05) is 18.3 Å². The van der Waals surface area contributed by atoms with Gasteiger partial charge < -0.3 is 25.5 Å². The molecule has 0 atom stereocenters. The van der Waals surface area contributed by atoms with Gasteiger partial charge in [-0.15, -0.1) is 0 Å². The van der Waals surface area contributed by atoms with E-state index in [2.05, 4.69) is 20.6 Å². The van der Waals surface area contributed by atoms with Crippen LogP contribution in [0, 0.1) is 0 Å². The van der Waals surface area contributed by atoms with Crippen molar-refractivity contribution in [2.45, 2.75) is 0 Å². The lowest BCUT2D eigenvalue weighted by molar-refractivity contribution is 0.398. The Balaban J connectivity index is 1.98. The third kappa shape index (κ3) is 2.43. The fraction of sp³-hybridized carbons (Fsp3) is 0.133. The summed E-state index contributed by atoms with van der Waals surface area (Å²) in [5.41, 5.74) is 2.62. The summed E-state index contributed by atoms with van der Waals surface area (Å²) < 4.78 is 5.12. The molecule has 0 bridgehead atoms. The minimum Gasteiger partial charge on any atom is -0.508 e. The SMILES string of the molecule is CNc1nc(OC)ccc1Nc1c[nH]c2cc(O)ccc12.